The van der Waals surface area contributed by atoms with E-state index >= 15 is 0 Å². The third-order valence-electron chi connectivity index (χ3n) is 6.58. The van der Waals surface area contributed by atoms with Crippen molar-refractivity contribution >= 4 is 17.3 Å². The van der Waals surface area contributed by atoms with Gasteiger partial charge in [-0.05, 0) is 31.5 Å². The maximum absolute atomic E-state index is 13.4. The number of benzene rings is 2. The van der Waals surface area contributed by atoms with Crippen molar-refractivity contribution in [2.75, 3.05) is 31.2 Å². The minimum absolute atomic E-state index is 0.0216. The van der Waals surface area contributed by atoms with Gasteiger partial charge in [-0.1, -0.05) is 53.7 Å². The predicted octanol–water partition coefficient (Wildman–Crippen LogP) is 3.94. The van der Waals surface area contributed by atoms with Crippen molar-refractivity contribution < 1.29 is 9.32 Å². The van der Waals surface area contributed by atoms with Crippen LogP contribution in [-0.4, -0.2) is 52.8 Å². The van der Waals surface area contributed by atoms with Crippen LogP contribution in [0.25, 0.3) is 0 Å². The zero-order chi connectivity index (χ0) is 22.8. The minimum Gasteiger partial charge on any atom is -0.361 e. The molecule has 2 aromatic carbocycles. The fraction of sp³-hybridized carbons (Fsp3) is 0.346. The largest absolute Gasteiger partial charge is 0.361 e. The predicted molar refractivity (Wildman–Crippen MR) is 128 cm³/mol. The van der Waals surface area contributed by atoms with Gasteiger partial charge in [0.05, 0.1) is 17.4 Å². The lowest BCUT2D eigenvalue weighted by Gasteiger charge is -2.34. The van der Waals surface area contributed by atoms with E-state index in [1.165, 1.54) is 0 Å². The molecule has 7 heteroatoms. The molecule has 0 unspecified atom stereocenters. The molecule has 1 fully saturated rings. The Morgan fingerprint density at radius 2 is 1.64 bits per heavy atom. The second kappa shape index (κ2) is 9.19. The highest BCUT2D eigenvalue weighted by atomic mass is 16.5. The summed E-state index contributed by atoms with van der Waals surface area (Å²) in [5.74, 6) is 0.922. The third-order valence-corrected chi connectivity index (χ3v) is 6.58. The van der Waals surface area contributed by atoms with Gasteiger partial charge in [-0.25, -0.2) is 0 Å². The zero-order valence-electron chi connectivity index (χ0n) is 19.1. The van der Waals surface area contributed by atoms with Crippen molar-refractivity contribution in [2.24, 2.45) is 5.10 Å². The van der Waals surface area contributed by atoms with E-state index in [1.54, 1.807) is 0 Å². The molecule has 0 radical (unpaired) electrons. The molecule has 0 saturated carbocycles. The zero-order valence-corrected chi connectivity index (χ0v) is 19.1. The Morgan fingerprint density at radius 3 is 2.27 bits per heavy atom. The van der Waals surface area contributed by atoms with Gasteiger partial charge in [-0.2, -0.15) is 5.10 Å². The summed E-state index contributed by atoms with van der Waals surface area (Å²) < 4.78 is 5.30. The standard InChI is InChI=1S/C26H29N5O2/c1-19-23(20(2)33-28-19)18-29-13-15-30(16-14-29)26(32)24-17-25(21-9-5-3-6-10-21)31(27-24)22-11-7-4-8-12-22/h3-12,25H,13-18H2,1-2H3/t25-/m0/s1. The molecule has 1 atom stereocenters. The van der Waals surface area contributed by atoms with Crippen molar-refractivity contribution in [1.82, 2.24) is 15.0 Å². The smallest absolute Gasteiger partial charge is 0.270 e. The average Bonchev–Trinajstić information content (AvgIpc) is 3.45. The minimum atomic E-state index is 0.0216. The van der Waals surface area contributed by atoms with Crippen LogP contribution in [-0.2, 0) is 11.3 Å². The summed E-state index contributed by atoms with van der Waals surface area (Å²) in [7, 11) is 0. The molecule has 2 aliphatic rings. The fourth-order valence-electron chi connectivity index (χ4n) is 4.64. The van der Waals surface area contributed by atoms with E-state index in [9.17, 15) is 4.79 Å². The van der Waals surface area contributed by atoms with E-state index in [1.807, 2.05) is 72.3 Å². The number of carbonyl (C=O) groups is 1. The van der Waals surface area contributed by atoms with Gasteiger partial charge < -0.3 is 9.42 Å². The molecule has 3 heterocycles. The molecule has 170 valence electrons. The van der Waals surface area contributed by atoms with Gasteiger partial charge in [0, 0.05) is 44.7 Å². The molecule has 2 aliphatic heterocycles. The highest BCUT2D eigenvalue weighted by molar-refractivity contribution is 6.39. The Bertz CT molecular complexity index is 1110. The first-order chi connectivity index (χ1) is 16.1. The highest BCUT2D eigenvalue weighted by Crippen LogP contribution is 2.35. The Kier molecular flexibility index (Phi) is 5.96. The molecular formula is C26H29N5O2. The van der Waals surface area contributed by atoms with Gasteiger partial charge in [-0.3, -0.25) is 14.7 Å². The summed E-state index contributed by atoms with van der Waals surface area (Å²) in [6.07, 6.45) is 0.608. The first-order valence-electron chi connectivity index (χ1n) is 11.5. The first kappa shape index (κ1) is 21.4. The molecule has 3 aromatic rings. The SMILES string of the molecule is Cc1noc(C)c1CN1CCN(C(=O)C2=NN(c3ccccc3)[C@H](c3ccccc3)C2)CC1. The van der Waals surface area contributed by atoms with Gasteiger partial charge in [0.25, 0.3) is 5.91 Å². The highest BCUT2D eigenvalue weighted by Gasteiger charge is 2.35. The summed E-state index contributed by atoms with van der Waals surface area (Å²) in [5.41, 5.74) is 4.89. The van der Waals surface area contributed by atoms with Crippen LogP contribution in [0.5, 0.6) is 0 Å². The lowest BCUT2D eigenvalue weighted by atomic mass is 10.0. The van der Waals surface area contributed by atoms with Gasteiger partial charge in [0.15, 0.2) is 0 Å². The fourth-order valence-corrected chi connectivity index (χ4v) is 4.64. The van der Waals surface area contributed by atoms with Crippen LogP contribution < -0.4 is 5.01 Å². The van der Waals surface area contributed by atoms with E-state index in [0.717, 1.165) is 47.9 Å². The van der Waals surface area contributed by atoms with Crippen LogP contribution in [0.15, 0.2) is 70.3 Å². The van der Waals surface area contributed by atoms with E-state index in [4.69, 9.17) is 9.62 Å². The number of hydrogen-bond acceptors (Lipinski definition) is 6. The summed E-state index contributed by atoms with van der Waals surface area (Å²) in [4.78, 5) is 17.7. The number of piperazine rings is 1. The number of anilines is 1. The third kappa shape index (κ3) is 4.41. The van der Waals surface area contributed by atoms with Crippen molar-refractivity contribution in [3.63, 3.8) is 0 Å². The van der Waals surface area contributed by atoms with Crippen molar-refractivity contribution in [2.45, 2.75) is 32.9 Å². The number of amides is 1. The lowest BCUT2D eigenvalue weighted by Crippen LogP contribution is -2.50. The molecule has 5 rings (SSSR count). The number of hydrazone groups is 1. The number of aryl methyl sites for hydroxylation is 2. The Labute approximate surface area is 194 Å². The summed E-state index contributed by atoms with van der Waals surface area (Å²) in [5, 5.41) is 10.9. The Balaban J connectivity index is 1.28. The Hall–Kier alpha value is -3.45. The van der Waals surface area contributed by atoms with E-state index in [0.29, 0.717) is 25.2 Å². The normalized spacial score (nSPS) is 19.1. The van der Waals surface area contributed by atoms with Crippen molar-refractivity contribution in [1.29, 1.82) is 0 Å². The van der Waals surface area contributed by atoms with E-state index in [2.05, 4.69) is 22.2 Å². The molecule has 0 N–H and O–H groups in total. The molecule has 1 saturated heterocycles. The first-order valence-corrected chi connectivity index (χ1v) is 11.5. The molecule has 0 bridgehead atoms. The van der Waals surface area contributed by atoms with Crippen molar-refractivity contribution in [3.05, 3.63) is 83.2 Å². The Morgan fingerprint density at radius 1 is 0.970 bits per heavy atom. The summed E-state index contributed by atoms with van der Waals surface area (Å²) in [6.45, 7) is 7.79. The van der Waals surface area contributed by atoms with Crippen LogP contribution in [0.3, 0.4) is 0 Å². The number of hydrogen-bond donors (Lipinski definition) is 0. The number of aromatic nitrogens is 1. The molecule has 0 spiro atoms. The van der Waals surface area contributed by atoms with Crippen LogP contribution in [0.2, 0.25) is 0 Å². The quantitative estimate of drug-likeness (QED) is 0.598. The molecule has 0 aliphatic carbocycles. The maximum atomic E-state index is 13.4. The van der Waals surface area contributed by atoms with E-state index < -0.39 is 0 Å². The molecule has 33 heavy (non-hydrogen) atoms. The van der Waals surface area contributed by atoms with E-state index in [-0.39, 0.29) is 11.9 Å². The second-order valence-corrected chi connectivity index (χ2v) is 8.73. The monoisotopic (exact) mass is 443 g/mol. The summed E-state index contributed by atoms with van der Waals surface area (Å²) in [6, 6.07) is 20.4. The van der Waals surface area contributed by atoms with Gasteiger partial charge in [0.1, 0.15) is 11.5 Å². The average molecular weight is 444 g/mol. The molecule has 7 nitrogen and oxygen atoms in total. The number of para-hydroxylation sites is 1. The molecular weight excluding hydrogens is 414 g/mol. The number of carbonyl (C=O) groups excluding carboxylic acids is 1. The second-order valence-electron chi connectivity index (χ2n) is 8.73. The van der Waals surface area contributed by atoms with Crippen molar-refractivity contribution in [3.8, 4) is 0 Å². The number of nitrogens with zero attached hydrogens (tertiary/aromatic N) is 5. The molecule has 1 amide bonds. The van der Waals surface area contributed by atoms with Gasteiger partial charge in [-0.15, -0.1) is 0 Å². The van der Waals surface area contributed by atoms with Crippen LogP contribution in [0.4, 0.5) is 5.69 Å². The summed E-state index contributed by atoms with van der Waals surface area (Å²) >= 11 is 0. The van der Waals surface area contributed by atoms with Crippen LogP contribution >= 0.6 is 0 Å². The number of rotatable bonds is 5. The van der Waals surface area contributed by atoms with Gasteiger partial charge in [0.2, 0.25) is 0 Å². The van der Waals surface area contributed by atoms with Gasteiger partial charge >= 0.3 is 0 Å². The maximum Gasteiger partial charge on any atom is 0.270 e. The lowest BCUT2D eigenvalue weighted by molar-refractivity contribution is -0.125. The molecule has 1 aromatic heterocycles. The topological polar surface area (TPSA) is 65.2 Å². The van der Waals surface area contributed by atoms with Crippen LogP contribution in [0.1, 0.15) is 35.0 Å². The van der Waals surface area contributed by atoms with Crippen LogP contribution in [0, 0.1) is 13.8 Å².